The predicted octanol–water partition coefficient (Wildman–Crippen LogP) is 4.53. The van der Waals surface area contributed by atoms with Gasteiger partial charge in [0.25, 0.3) is 5.91 Å². The largest absolute Gasteiger partial charge is 0.361 e. The summed E-state index contributed by atoms with van der Waals surface area (Å²) in [6.45, 7) is 3.41. The molecule has 1 N–H and O–H groups in total. The Labute approximate surface area is 158 Å². The fourth-order valence-electron chi connectivity index (χ4n) is 3.86. The van der Waals surface area contributed by atoms with Gasteiger partial charge < -0.3 is 14.8 Å². The number of nitrogens with one attached hydrogen (secondary N) is 1. The predicted molar refractivity (Wildman–Crippen MR) is 106 cm³/mol. The molecule has 1 atom stereocenters. The molecule has 0 aliphatic carbocycles. The van der Waals surface area contributed by atoms with E-state index in [1.165, 1.54) is 0 Å². The van der Waals surface area contributed by atoms with E-state index < -0.39 is 0 Å². The Hall–Kier alpha value is -3.26. The number of amides is 1. The van der Waals surface area contributed by atoms with Crippen molar-refractivity contribution in [3.8, 4) is 6.07 Å². The highest BCUT2D eigenvalue weighted by molar-refractivity contribution is 6.02. The van der Waals surface area contributed by atoms with E-state index in [0.29, 0.717) is 19.5 Å². The average molecular weight is 358 g/mol. The molecule has 0 bridgehead atoms. The lowest BCUT2D eigenvalue weighted by Gasteiger charge is -2.37. The van der Waals surface area contributed by atoms with Crippen LogP contribution in [-0.2, 0) is 6.54 Å². The standard InChI is InChI=1S/C22H22N4O/c1-2-13-26-21(24-19-10-5-3-9-17(19)22(26)27)18-15-25(14-7-12-23)20-11-6-4-8-16(18)20/h3-6,8-11,15,21,24H,2,7,13-14H2,1H3/t21-/m1/s1. The highest BCUT2D eigenvalue weighted by Crippen LogP contribution is 2.36. The summed E-state index contributed by atoms with van der Waals surface area (Å²) in [5.74, 6) is 0.0602. The number of carbonyl (C=O) groups excluding carboxylic acids is 1. The number of fused-ring (bicyclic) bond motifs is 2. The normalized spacial score (nSPS) is 16.1. The Morgan fingerprint density at radius 2 is 1.89 bits per heavy atom. The smallest absolute Gasteiger partial charge is 0.257 e. The SMILES string of the molecule is CCCN1C(=O)c2ccccc2N[C@H]1c1cn(CCC#N)c2ccccc12. The second-order valence-electron chi connectivity index (χ2n) is 6.79. The number of anilines is 1. The number of rotatable bonds is 5. The van der Waals surface area contributed by atoms with Crippen LogP contribution in [0.15, 0.2) is 54.7 Å². The second-order valence-corrected chi connectivity index (χ2v) is 6.79. The van der Waals surface area contributed by atoms with Gasteiger partial charge in [-0.05, 0) is 24.6 Å². The summed E-state index contributed by atoms with van der Waals surface area (Å²) in [6, 6.07) is 18.1. The van der Waals surface area contributed by atoms with Gasteiger partial charge in [-0.25, -0.2) is 0 Å². The van der Waals surface area contributed by atoms with E-state index in [1.54, 1.807) is 0 Å². The van der Waals surface area contributed by atoms with Crippen molar-refractivity contribution in [2.24, 2.45) is 0 Å². The fraction of sp³-hybridized carbons (Fsp3) is 0.273. The van der Waals surface area contributed by atoms with Gasteiger partial charge in [0.05, 0.1) is 18.1 Å². The Bertz CT molecular complexity index is 1030. The molecule has 1 aliphatic rings. The number of nitrogens with zero attached hydrogens (tertiary/aromatic N) is 3. The van der Waals surface area contributed by atoms with Crippen LogP contribution in [0.4, 0.5) is 5.69 Å². The van der Waals surface area contributed by atoms with E-state index in [2.05, 4.69) is 41.2 Å². The maximum Gasteiger partial charge on any atom is 0.257 e. The minimum absolute atomic E-state index is 0.0602. The molecule has 2 aromatic carbocycles. The third-order valence-corrected chi connectivity index (χ3v) is 5.07. The van der Waals surface area contributed by atoms with Crippen molar-refractivity contribution in [2.45, 2.75) is 32.5 Å². The van der Waals surface area contributed by atoms with Gasteiger partial charge in [0.1, 0.15) is 6.17 Å². The summed E-state index contributed by atoms with van der Waals surface area (Å²) in [4.78, 5) is 15.1. The molecule has 27 heavy (non-hydrogen) atoms. The number of hydrogen-bond acceptors (Lipinski definition) is 3. The summed E-state index contributed by atoms with van der Waals surface area (Å²) >= 11 is 0. The van der Waals surface area contributed by atoms with E-state index in [9.17, 15) is 4.79 Å². The number of nitriles is 1. The van der Waals surface area contributed by atoms with Crippen molar-refractivity contribution >= 4 is 22.5 Å². The summed E-state index contributed by atoms with van der Waals surface area (Å²) in [6.07, 6.45) is 3.21. The molecule has 136 valence electrons. The van der Waals surface area contributed by atoms with Crippen LogP contribution in [0.1, 0.15) is 41.9 Å². The molecule has 0 spiro atoms. The van der Waals surface area contributed by atoms with Gasteiger partial charge in [-0.2, -0.15) is 5.26 Å². The maximum atomic E-state index is 13.1. The van der Waals surface area contributed by atoms with E-state index in [1.807, 2.05) is 41.3 Å². The molecule has 0 saturated heterocycles. The van der Waals surface area contributed by atoms with Crippen molar-refractivity contribution in [1.82, 2.24) is 9.47 Å². The van der Waals surface area contributed by atoms with Crippen molar-refractivity contribution in [3.63, 3.8) is 0 Å². The lowest BCUT2D eigenvalue weighted by atomic mass is 10.0. The van der Waals surface area contributed by atoms with Crippen LogP contribution >= 0.6 is 0 Å². The molecule has 1 amide bonds. The number of aromatic nitrogens is 1. The highest BCUT2D eigenvalue weighted by atomic mass is 16.2. The van der Waals surface area contributed by atoms with Gasteiger partial charge in [0.2, 0.25) is 0 Å². The molecule has 1 aromatic heterocycles. The molecule has 2 heterocycles. The van der Waals surface area contributed by atoms with Crippen molar-refractivity contribution < 1.29 is 4.79 Å². The number of aryl methyl sites for hydroxylation is 1. The Balaban J connectivity index is 1.84. The first kappa shape index (κ1) is 17.2. The molecule has 3 aromatic rings. The summed E-state index contributed by atoms with van der Waals surface area (Å²) in [5, 5.41) is 13.7. The molecule has 5 nitrogen and oxygen atoms in total. The third kappa shape index (κ3) is 2.93. The average Bonchev–Trinajstić information content (AvgIpc) is 3.07. The summed E-state index contributed by atoms with van der Waals surface area (Å²) in [5.41, 5.74) is 3.75. The number of para-hydroxylation sites is 2. The van der Waals surface area contributed by atoms with Crippen LogP contribution < -0.4 is 5.32 Å². The Morgan fingerprint density at radius 3 is 2.70 bits per heavy atom. The molecule has 0 fully saturated rings. The number of hydrogen-bond donors (Lipinski definition) is 1. The number of carbonyl (C=O) groups is 1. The fourth-order valence-corrected chi connectivity index (χ4v) is 3.86. The lowest BCUT2D eigenvalue weighted by molar-refractivity contribution is 0.0684. The molecule has 1 aliphatic heterocycles. The topological polar surface area (TPSA) is 61.1 Å². The molecule has 0 unspecified atom stereocenters. The van der Waals surface area contributed by atoms with Crippen LogP contribution in [0, 0.1) is 11.3 Å². The summed E-state index contributed by atoms with van der Waals surface area (Å²) in [7, 11) is 0. The van der Waals surface area contributed by atoms with Gasteiger partial charge in [-0.15, -0.1) is 0 Å². The minimum Gasteiger partial charge on any atom is -0.361 e. The minimum atomic E-state index is -0.222. The van der Waals surface area contributed by atoms with Gasteiger partial charge in [0.15, 0.2) is 0 Å². The molecule has 5 heteroatoms. The van der Waals surface area contributed by atoms with Gasteiger partial charge in [-0.3, -0.25) is 4.79 Å². The van der Waals surface area contributed by atoms with E-state index >= 15 is 0 Å². The number of benzene rings is 2. The van der Waals surface area contributed by atoms with Crippen LogP contribution in [0.25, 0.3) is 10.9 Å². The first-order valence-electron chi connectivity index (χ1n) is 9.36. The Kier molecular flexibility index (Phi) is 4.55. The second kappa shape index (κ2) is 7.16. The Morgan fingerprint density at radius 1 is 1.11 bits per heavy atom. The van der Waals surface area contributed by atoms with E-state index in [4.69, 9.17) is 5.26 Å². The third-order valence-electron chi connectivity index (χ3n) is 5.07. The van der Waals surface area contributed by atoms with Crippen LogP contribution in [0.5, 0.6) is 0 Å². The van der Waals surface area contributed by atoms with Crippen molar-refractivity contribution in [1.29, 1.82) is 5.26 Å². The van der Waals surface area contributed by atoms with Crippen LogP contribution in [0.3, 0.4) is 0 Å². The zero-order chi connectivity index (χ0) is 18.8. The van der Waals surface area contributed by atoms with Crippen LogP contribution in [-0.4, -0.2) is 21.9 Å². The van der Waals surface area contributed by atoms with Crippen LogP contribution in [0.2, 0.25) is 0 Å². The van der Waals surface area contributed by atoms with Gasteiger partial charge in [0, 0.05) is 41.4 Å². The lowest BCUT2D eigenvalue weighted by Crippen LogP contribution is -2.43. The zero-order valence-electron chi connectivity index (χ0n) is 15.4. The quantitative estimate of drug-likeness (QED) is 0.729. The maximum absolute atomic E-state index is 13.1. The first-order chi connectivity index (χ1) is 13.2. The molecule has 0 saturated carbocycles. The van der Waals surface area contributed by atoms with E-state index in [0.717, 1.165) is 34.1 Å². The first-order valence-corrected chi connectivity index (χ1v) is 9.36. The van der Waals surface area contributed by atoms with Crippen molar-refractivity contribution in [3.05, 3.63) is 65.9 Å². The van der Waals surface area contributed by atoms with Gasteiger partial charge >= 0.3 is 0 Å². The molecule has 0 radical (unpaired) electrons. The zero-order valence-corrected chi connectivity index (χ0v) is 15.4. The van der Waals surface area contributed by atoms with Gasteiger partial charge in [-0.1, -0.05) is 37.3 Å². The van der Waals surface area contributed by atoms with Crippen molar-refractivity contribution in [2.75, 3.05) is 11.9 Å². The summed E-state index contributed by atoms with van der Waals surface area (Å²) < 4.78 is 2.12. The van der Waals surface area contributed by atoms with E-state index in [-0.39, 0.29) is 12.1 Å². The highest BCUT2D eigenvalue weighted by Gasteiger charge is 2.33. The monoisotopic (exact) mass is 358 g/mol. The molecule has 4 rings (SSSR count). The molecular formula is C22H22N4O. The molecular weight excluding hydrogens is 336 g/mol.